The Morgan fingerprint density at radius 2 is 1.86 bits per heavy atom. The largest absolute Gasteiger partial charge is 0.506 e. The van der Waals surface area contributed by atoms with Gasteiger partial charge in [-0.1, -0.05) is 36.8 Å². The lowest BCUT2D eigenvalue weighted by atomic mass is 9.65. The minimum absolute atomic E-state index is 0.0501. The number of para-hydroxylation sites is 1. The molecule has 2 aliphatic rings. The third-order valence-corrected chi connectivity index (χ3v) is 6.90. The summed E-state index contributed by atoms with van der Waals surface area (Å²) in [5.74, 6) is 0.888. The number of aliphatic imine (C=N–C) groups is 1. The van der Waals surface area contributed by atoms with Crippen LogP contribution in [0.1, 0.15) is 42.9 Å². The summed E-state index contributed by atoms with van der Waals surface area (Å²) in [5.41, 5.74) is 10.7. The number of carbonyl (C=O) groups excluding carboxylic acids is 1. The molecule has 178 valence electrons. The van der Waals surface area contributed by atoms with Gasteiger partial charge in [-0.15, -0.1) is 0 Å². The number of amides is 1. The fourth-order valence-electron chi connectivity index (χ4n) is 5.01. The Morgan fingerprint density at radius 3 is 2.46 bits per heavy atom. The average molecular weight is 468 g/mol. The zero-order chi connectivity index (χ0) is 24.6. The second-order valence-corrected chi connectivity index (χ2v) is 9.29. The molecule has 1 aliphatic heterocycles. The molecule has 1 aliphatic carbocycles. The fraction of sp³-hybridized carbons (Fsp3) is 0.241. The van der Waals surface area contributed by atoms with Crippen LogP contribution in [0.5, 0.6) is 11.5 Å². The van der Waals surface area contributed by atoms with E-state index in [4.69, 9.17) is 15.5 Å². The van der Waals surface area contributed by atoms with Crippen molar-refractivity contribution in [2.75, 3.05) is 12.0 Å². The molecule has 1 spiro atoms. The number of fused-ring (bicyclic) bond motifs is 2. The van der Waals surface area contributed by atoms with Gasteiger partial charge in [-0.2, -0.15) is 0 Å². The van der Waals surface area contributed by atoms with E-state index >= 15 is 0 Å². The predicted octanol–water partition coefficient (Wildman–Crippen LogP) is 5.35. The van der Waals surface area contributed by atoms with Crippen molar-refractivity contribution in [3.05, 3.63) is 95.2 Å². The third kappa shape index (κ3) is 4.05. The van der Waals surface area contributed by atoms with E-state index in [1.165, 1.54) is 0 Å². The van der Waals surface area contributed by atoms with Gasteiger partial charge in [0.1, 0.15) is 11.5 Å². The van der Waals surface area contributed by atoms with Crippen molar-refractivity contribution in [1.82, 2.24) is 0 Å². The van der Waals surface area contributed by atoms with Gasteiger partial charge in [0.05, 0.1) is 36.2 Å². The highest BCUT2D eigenvalue weighted by molar-refractivity contribution is 6.14. The molecule has 1 fully saturated rings. The van der Waals surface area contributed by atoms with Gasteiger partial charge in [0.2, 0.25) is 5.91 Å². The number of aromatic hydroxyl groups is 1. The van der Waals surface area contributed by atoms with Crippen molar-refractivity contribution >= 4 is 23.0 Å². The first-order valence-electron chi connectivity index (χ1n) is 11.8. The molecule has 0 aromatic heterocycles. The Bertz CT molecular complexity index is 1320. The highest BCUT2D eigenvalue weighted by Gasteiger charge is 2.55. The number of nitrogens with two attached hydrogens (primary N) is 1. The van der Waals surface area contributed by atoms with E-state index in [0.29, 0.717) is 23.6 Å². The van der Waals surface area contributed by atoms with Crippen LogP contribution in [0.3, 0.4) is 0 Å². The van der Waals surface area contributed by atoms with Crippen LogP contribution in [-0.2, 0) is 16.8 Å². The molecular formula is C29H29N3O3. The molecule has 3 N–H and O–H groups in total. The van der Waals surface area contributed by atoms with Crippen LogP contribution in [0.25, 0.3) is 0 Å². The van der Waals surface area contributed by atoms with Crippen LogP contribution in [0.2, 0.25) is 0 Å². The number of allylic oxidation sites excluding steroid dienone is 2. The van der Waals surface area contributed by atoms with Gasteiger partial charge in [-0.05, 0) is 73.4 Å². The molecule has 6 nitrogen and oxygen atoms in total. The summed E-state index contributed by atoms with van der Waals surface area (Å²) in [5, 5.41) is 11.2. The van der Waals surface area contributed by atoms with Crippen LogP contribution in [0, 0.1) is 0 Å². The molecular weight excluding hydrogens is 438 g/mol. The summed E-state index contributed by atoms with van der Waals surface area (Å²) >= 11 is 0. The zero-order valence-electron chi connectivity index (χ0n) is 20.0. The van der Waals surface area contributed by atoms with Crippen molar-refractivity contribution in [1.29, 1.82) is 0 Å². The quantitative estimate of drug-likeness (QED) is 0.478. The number of hydrogen-bond acceptors (Lipinski definition) is 5. The molecule has 35 heavy (non-hydrogen) atoms. The van der Waals surface area contributed by atoms with Gasteiger partial charge in [-0.3, -0.25) is 4.79 Å². The van der Waals surface area contributed by atoms with Gasteiger partial charge in [0, 0.05) is 11.3 Å². The van der Waals surface area contributed by atoms with Crippen LogP contribution >= 0.6 is 0 Å². The lowest BCUT2D eigenvalue weighted by Crippen LogP contribution is -2.44. The number of nitrogens with zero attached hydrogens (tertiary/aromatic N) is 2. The van der Waals surface area contributed by atoms with Crippen molar-refractivity contribution in [3.63, 3.8) is 0 Å². The summed E-state index contributed by atoms with van der Waals surface area (Å²) < 4.78 is 5.26. The maximum Gasteiger partial charge on any atom is 0.238 e. The molecule has 0 bridgehead atoms. The molecule has 0 radical (unpaired) electrons. The van der Waals surface area contributed by atoms with E-state index in [0.717, 1.165) is 47.4 Å². The minimum Gasteiger partial charge on any atom is -0.506 e. The van der Waals surface area contributed by atoms with Crippen molar-refractivity contribution in [2.45, 2.75) is 38.1 Å². The molecule has 6 heteroatoms. The topological polar surface area (TPSA) is 88.2 Å². The fourth-order valence-corrected chi connectivity index (χ4v) is 5.01. The number of phenols is 1. The Kier molecular flexibility index (Phi) is 5.81. The summed E-state index contributed by atoms with van der Waals surface area (Å²) in [7, 11) is 1.63. The van der Waals surface area contributed by atoms with Gasteiger partial charge < -0.3 is 20.5 Å². The van der Waals surface area contributed by atoms with E-state index in [1.54, 1.807) is 31.1 Å². The van der Waals surface area contributed by atoms with Crippen LogP contribution < -0.4 is 15.4 Å². The number of anilines is 1. The maximum atomic E-state index is 13.7. The first-order valence-corrected chi connectivity index (χ1v) is 11.8. The molecule has 1 saturated carbocycles. The van der Waals surface area contributed by atoms with E-state index in [1.807, 2.05) is 60.7 Å². The van der Waals surface area contributed by atoms with Crippen LogP contribution in [0.4, 0.5) is 11.4 Å². The van der Waals surface area contributed by atoms with E-state index in [9.17, 15) is 9.90 Å². The molecule has 1 amide bonds. The number of ether oxygens (including phenoxy) is 1. The average Bonchev–Trinajstić information content (AvgIpc) is 3.08. The third-order valence-electron chi connectivity index (χ3n) is 6.90. The maximum absolute atomic E-state index is 13.7. The highest BCUT2D eigenvalue weighted by Crippen LogP contribution is 2.56. The molecule has 0 saturated heterocycles. The van der Waals surface area contributed by atoms with Gasteiger partial charge in [0.25, 0.3) is 0 Å². The normalized spacial score (nSPS) is 16.9. The first kappa shape index (κ1) is 22.7. The number of hydrogen-bond donors (Lipinski definition) is 2. The molecule has 3 aromatic rings. The Labute approximate surface area is 205 Å². The Hall–Kier alpha value is -4.06. The van der Waals surface area contributed by atoms with Gasteiger partial charge in [-0.25, -0.2) is 4.99 Å². The molecule has 3 aromatic carbocycles. The minimum atomic E-state index is -0.589. The number of methoxy groups -OCH3 is 1. The second kappa shape index (κ2) is 8.95. The number of carbonyl (C=O) groups is 1. The van der Waals surface area contributed by atoms with E-state index < -0.39 is 5.41 Å². The van der Waals surface area contributed by atoms with Crippen molar-refractivity contribution in [2.24, 2.45) is 10.7 Å². The molecule has 0 unspecified atom stereocenters. The van der Waals surface area contributed by atoms with Crippen LogP contribution in [-0.4, -0.2) is 23.8 Å². The summed E-state index contributed by atoms with van der Waals surface area (Å²) in [4.78, 5) is 20.2. The van der Waals surface area contributed by atoms with E-state index in [2.05, 4.69) is 0 Å². The van der Waals surface area contributed by atoms with Gasteiger partial charge >= 0.3 is 0 Å². The summed E-state index contributed by atoms with van der Waals surface area (Å²) in [6.07, 6.45) is 4.34. The molecule has 5 rings (SSSR count). The van der Waals surface area contributed by atoms with Crippen molar-refractivity contribution < 1.29 is 14.6 Å². The molecule has 0 atom stereocenters. The smallest absolute Gasteiger partial charge is 0.238 e. The lowest BCUT2D eigenvalue weighted by Gasteiger charge is -2.37. The van der Waals surface area contributed by atoms with Crippen molar-refractivity contribution in [3.8, 4) is 11.5 Å². The number of benzene rings is 3. The van der Waals surface area contributed by atoms with E-state index in [-0.39, 0.29) is 11.7 Å². The Morgan fingerprint density at radius 1 is 1.14 bits per heavy atom. The number of rotatable bonds is 6. The standard InChI is InChI=1S/C29H29N3O3/c1-19(30)15-25(31-22-7-4-3-5-8-22)21-16-24-27(26(33)17-21)32(28(34)29(24)13-6-14-29)18-20-9-11-23(35-2)12-10-20/h3-5,7-12,15-17,33H,6,13-14,18,30H2,1-2H3. The SMILES string of the molecule is COc1ccc(CN2C(=O)C3(CCC3)c3cc(C(C=C(C)N)=Nc4ccccc4)cc(O)c32)cc1. The predicted molar refractivity (Wildman–Crippen MR) is 138 cm³/mol. The lowest BCUT2D eigenvalue weighted by molar-refractivity contribution is -0.126. The highest BCUT2D eigenvalue weighted by atomic mass is 16.5. The van der Waals surface area contributed by atoms with Crippen LogP contribution in [0.15, 0.2) is 83.5 Å². The summed E-state index contributed by atoms with van der Waals surface area (Å²) in [6, 6.07) is 21.0. The second-order valence-electron chi connectivity index (χ2n) is 9.29. The zero-order valence-corrected chi connectivity index (χ0v) is 20.0. The summed E-state index contributed by atoms with van der Waals surface area (Å²) in [6.45, 7) is 2.19. The van der Waals surface area contributed by atoms with Gasteiger partial charge in [0.15, 0.2) is 0 Å². The monoisotopic (exact) mass is 467 g/mol. The first-order chi connectivity index (χ1) is 16.9. The Balaban J connectivity index is 1.60. The number of phenolic OH excluding ortho intramolecular Hbond substituents is 1. The molecule has 1 heterocycles.